The lowest BCUT2D eigenvalue weighted by Crippen LogP contribution is -2.17. The van der Waals surface area contributed by atoms with Crippen LogP contribution in [0.1, 0.15) is 28.8 Å². The molecule has 1 saturated carbocycles. The molecule has 0 spiro atoms. The van der Waals surface area contributed by atoms with E-state index in [2.05, 4.69) is 11.8 Å². The van der Waals surface area contributed by atoms with Crippen molar-refractivity contribution >= 4 is 5.91 Å². The average molecular weight is 241 g/mol. The third-order valence-electron chi connectivity index (χ3n) is 3.26. The van der Waals surface area contributed by atoms with Gasteiger partial charge in [0.25, 0.3) is 5.91 Å². The molecule has 0 bridgehead atoms. The van der Waals surface area contributed by atoms with Crippen LogP contribution in [0, 0.1) is 17.8 Å². The molecule has 0 unspecified atom stereocenters. The third-order valence-corrected chi connectivity index (χ3v) is 3.26. The second-order valence-electron chi connectivity index (χ2n) is 4.86. The minimum absolute atomic E-state index is 0.0690. The molecule has 3 rings (SSSR count). The van der Waals surface area contributed by atoms with E-state index in [-0.39, 0.29) is 5.91 Å². The Bertz CT molecular complexity index is 549. The van der Waals surface area contributed by atoms with Crippen LogP contribution >= 0.6 is 0 Å². The smallest absolute Gasteiger partial charge is 0.254 e. The fraction of sp³-hybridized carbons (Fsp3) is 0.400. The van der Waals surface area contributed by atoms with Gasteiger partial charge in [0.2, 0.25) is 0 Å². The van der Waals surface area contributed by atoms with E-state index in [9.17, 15) is 4.79 Å². The highest BCUT2D eigenvalue weighted by atomic mass is 16.5. The molecule has 1 aromatic carbocycles. The van der Waals surface area contributed by atoms with Gasteiger partial charge in [0.05, 0.1) is 0 Å². The Kier molecular flexibility index (Phi) is 2.71. The summed E-state index contributed by atoms with van der Waals surface area (Å²) in [6, 6.07) is 5.68. The van der Waals surface area contributed by atoms with Gasteiger partial charge in [-0.25, -0.2) is 0 Å². The molecule has 1 heterocycles. The largest absolute Gasteiger partial charge is 0.481 e. The highest BCUT2D eigenvalue weighted by molar-refractivity contribution is 5.98. The molecule has 3 nitrogen and oxygen atoms in total. The van der Waals surface area contributed by atoms with Crippen LogP contribution in [0.5, 0.6) is 5.75 Å². The van der Waals surface area contributed by atoms with Crippen molar-refractivity contribution in [2.75, 3.05) is 13.7 Å². The molecule has 3 heteroatoms. The van der Waals surface area contributed by atoms with E-state index in [0.717, 1.165) is 16.9 Å². The van der Waals surface area contributed by atoms with Crippen LogP contribution in [-0.4, -0.2) is 24.5 Å². The van der Waals surface area contributed by atoms with E-state index in [1.165, 1.54) is 12.8 Å². The molecular formula is C15H15NO2. The van der Waals surface area contributed by atoms with Crippen molar-refractivity contribution in [3.8, 4) is 17.6 Å². The molecule has 0 radical (unpaired) electrons. The standard InChI is InChI=1S/C15H15NO2/c1-16-10-12-6-7-13(9-14(12)15(16)17)18-8-2-3-11-4-5-11/h6-7,9,11H,4-5,8,10H2,1H3. The van der Waals surface area contributed by atoms with Gasteiger partial charge in [-0.2, -0.15) is 0 Å². The highest BCUT2D eigenvalue weighted by Crippen LogP contribution is 2.27. The normalized spacial score (nSPS) is 17.2. The van der Waals surface area contributed by atoms with Crippen LogP contribution in [0.3, 0.4) is 0 Å². The van der Waals surface area contributed by atoms with Gasteiger partial charge in [-0.3, -0.25) is 4.79 Å². The maximum atomic E-state index is 11.8. The summed E-state index contributed by atoms with van der Waals surface area (Å²) < 4.78 is 5.55. The molecule has 1 aromatic rings. The van der Waals surface area contributed by atoms with Crippen LogP contribution in [0.15, 0.2) is 18.2 Å². The van der Waals surface area contributed by atoms with Crippen LogP contribution < -0.4 is 4.74 Å². The Balaban J connectivity index is 1.67. The van der Waals surface area contributed by atoms with Gasteiger partial charge < -0.3 is 9.64 Å². The Morgan fingerprint density at radius 3 is 3.06 bits per heavy atom. The van der Waals surface area contributed by atoms with Crippen molar-refractivity contribution in [2.24, 2.45) is 5.92 Å². The van der Waals surface area contributed by atoms with Gasteiger partial charge in [-0.1, -0.05) is 17.9 Å². The number of hydrogen-bond acceptors (Lipinski definition) is 2. The quantitative estimate of drug-likeness (QED) is 0.742. The van der Waals surface area contributed by atoms with Crippen LogP contribution in [0.4, 0.5) is 0 Å². The van der Waals surface area contributed by atoms with Crippen LogP contribution in [-0.2, 0) is 6.54 Å². The number of carbonyl (C=O) groups excluding carboxylic acids is 1. The number of nitrogens with zero attached hydrogens (tertiary/aromatic N) is 1. The highest BCUT2D eigenvalue weighted by Gasteiger charge is 2.24. The van der Waals surface area contributed by atoms with Gasteiger partial charge in [0.15, 0.2) is 0 Å². The first-order chi connectivity index (χ1) is 8.74. The monoisotopic (exact) mass is 241 g/mol. The second-order valence-corrected chi connectivity index (χ2v) is 4.86. The lowest BCUT2D eigenvalue weighted by Gasteiger charge is -2.04. The summed E-state index contributed by atoms with van der Waals surface area (Å²) in [6.45, 7) is 1.09. The number of fused-ring (bicyclic) bond motifs is 1. The lowest BCUT2D eigenvalue weighted by molar-refractivity contribution is 0.0816. The van der Waals surface area contributed by atoms with Gasteiger partial charge >= 0.3 is 0 Å². The molecule has 1 fully saturated rings. The average Bonchev–Trinajstić information content (AvgIpc) is 3.14. The molecule has 0 aromatic heterocycles. The fourth-order valence-corrected chi connectivity index (χ4v) is 2.05. The van der Waals surface area contributed by atoms with E-state index in [4.69, 9.17) is 4.74 Å². The van der Waals surface area contributed by atoms with Crippen molar-refractivity contribution in [1.29, 1.82) is 0 Å². The van der Waals surface area contributed by atoms with Crippen molar-refractivity contribution < 1.29 is 9.53 Å². The molecule has 1 amide bonds. The third kappa shape index (κ3) is 2.19. The van der Waals surface area contributed by atoms with Gasteiger partial charge in [0.1, 0.15) is 12.4 Å². The number of benzene rings is 1. The maximum absolute atomic E-state index is 11.8. The minimum atomic E-state index is 0.0690. The number of carbonyl (C=O) groups is 1. The predicted molar refractivity (Wildman–Crippen MR) is 68.2 cm³/mol. The summed E-state index contributed by atoms with van der Waals surface area (Å²) in [5, 5.41) is 0. The zero-order chi connectivity index (χ0) is 12.5. The Morgan fingerprint density at radius 1 is 1.44 bits per heavy atom. The number of hydrogen-bond donors (Lipinski definition) is 0. The van der Waals surface area contributed by atoms with Crippen molar-refractivity contribution in [3.63, 3.8) is 0 Å². The molecule has 0 N–H and O–H groups in total. The molecular weight excluding hydrogens is 226 g/mol. The summed E-state index contributed by atoms with van der Waals surface area (Å²) in [5.41, 5.74) is 1.82. The summed E-state index contributed by atoms with van der Waals surface area (Å²) in [4.78, 5) is 13.5. The van der Waals surface area contributed by atoms with Crippen molar-refractivity contribution in [2.45, 2.75) is 19.4 Å². The lowest BCUT2D eigenvalue weighted by atomic mass is 10.1. The Hall–Kier alpha value is -1.95. The number of rotatable bonds is 2. The minimum Gasteiger partial charge on any atom is -0.481 e. The number of ether oxygens (including phenoxy) is 1. The predicted octanol–water partition coefficient (Wildman–Crippen LogP) is 2.06. The van der Waals surface area contributed by atoms with E-state index in [1.54, 1.807) is 4.90 Å². The second kappa shape index (κ2) is 4.38. The fourth-order valence-electron chi connectivity index (χ4n) is 2.05. The molecule has 0 saturated heterocycles. The van der Waals surface area contributed by atoms with E-state index < -0.39 is 0 Å². The summed E-state index contributed by atoms with van der Waals surface area (Å²) in [7, 11) is 1.81. The molecule has 0 atom stereocenters. The molecule has 1 aliphatic carbocycles. The summed E-state index contributed by atoms with van der Waals surface area (Å²) in [6.07, 6.45) is 2.46. The Labute approximate surface area is 107 Å². The van der Waals surface area contributed by atoms with E-state index in [0.29, 0.717) is 19.1 Å². The molecule has 92 valence electrons. The molecule has 1 aliphatic heterocycles. The zero-order valence-electron chi connectivity index (χ0n) is 10.4. The Morgan fingerprint density at radius 2 is 2.28 bits per heavy atom. The SMILES string of the molecule is CN1Cc2ccc(OCC#CC3CC3)cc2C1=O. The maximum Gasteiger partial charge on any atom is 0.254 e. The van der Waals surface area contributed by atoms with E-state index >= 15 is 0 Å². The first-order valence-electron chi connectivity index (χ1n) is 6.23. The topological polar surface area (TPSA) is 29.5 Å². The van der Waals surface area contributed by atoms with Gasteiger partial charge in [0, 0.05) is 25.1 Å². The zero-order valence-corrected chi connectivity index (χ0v) is 10.4. The first-order valence-corrected chi connectivity index (χ1v) is 6.23. The van der Waals surface area contributed by atoms with Crippen molar-refractivity contribution in [3.05, 3.63) is 29.3 Å². The van der Waals surface area contributed by atoms with Gasteiger partial charge in [-0.05, 0) is 30.5 Å². The van der Waals surface area contributed by atoms with E-state index in [1.807, 2.05) is 25.2 Å². The first kappa shape index (κ1) is 11.2. The summed E-state index contributed by atoms with van der Waals surface area (Å²) >= 11 is 0. The van der Waals surface area contributed by atoms with Gasteiger partial charge in [-0.15, -0.1) is 0 Å². The number of amides is 1. The van der Waals surface area contributed by atoms with Crippen LogP contribution in [0.25, 0.3) is 0 Å². The van der Waals surface area contributed by atoms with Crippen LogP contribution in [0.2, 0.25) is 0 Å². The summed E-state index contributed by atoms with van der Waals surface area (Å²) in [5.74, 6) is 7.56. The molecule has 2 aliphatic rings. The molecule has 18 heavy (non-hydrogen) atoms. The van der Waals surface area contributed by atoms with Crippen molar-refractivity contribution in [1.82, 2.24) is 4.90 Å².